The van der Waals surface area contributed by atoms with Crippen LogP contribution >= 0.6 is 11.8 Å². The van der Waals surface area contributed by atoms with Gasteiger partial charge in [-0.3, -0.25) is 19.0 Å². The summed E-state index contributed by atoms with van der Waals surface area (Å²) in [5.74, 6) is -0.476. The second-order valence-corrected chi connectivity index (χ2v) is 9.79. The summed E-state index contributed by atoms with van der Waals surface area (Å²) in [6, 6.07) is 28.9. The molecule has 5 aromatic rings. The fraction of sp³-hybridized carbons (Fsp3) is 0.0968. The Bertz CT molecular complexity index is 1730. The topological polar surface area (TPSA) is 81.1 Å². The number of ketones is 1. The molecule has 0 aliphatic carbocycles. The smallest absolute Gasteiger partial charge is 0.266 e. The highest BCUT2D eigenvalue weighted by Gasteiger charge is 2.18. The lowest BCUT2D eigenvalue weighted by Gasteiger charge is -2.16. The number of benzene rings is 4. The van der Waals surface area contributed by atoms with Crippen LogP contribution in [0.5, 0.6) is 0 Å². The van der Waals surface area contributed by atoms with E-state index in [-0.39, 0.29) is 23.0 Å². The summed E-state index contributed by atoms with van der Waals surface area (Å²) in [6.07, 6.45) is 0. The molecule has 0 fully saturated rings. The van der Waals surface area contributed by atoms with Crippen molar-refractivity contribution in [2.45, 2.75) is 19.0 Å². The van der Waals surface area contributed by atoms with Gasteiger partial charge < -0.3 is 5.32 Å². The van der Waals surface area contributed by atoms with Crippen molar-refractivity contribution >= 4 is 40.0 Å². The molecule has 0 aliphatic rings. The normalized spacial score (nSPS) is 10.9. The Labute approximate surface area is 224 Å². The van der Waals surface area contributed by atoms with Crippen LogP contribution in [0, 0.1) is 13.8 Å². The lowest BCUT2D eigenvalue weighted by atomic mass is 10.0. The van der Waals surface area contributed by atoms with Gasteiger partial charge in [0.15, 0.2) is 10.9 Å². The van der Waals surface area contributed by atoms with Gasteiger partial charge in [0.1, 0.15) is 0 Å². The molecule has 0 saturated heterocycles. The molecule has 38 heavy (non-hydrogen) atoms. The number of aryl methyl sites for hydroxylation is 1. The van der Waals surface area contributed by atoms with Crippen LogP contribution in [0.25, 0.3) is 16.6 Å². The summed E-state index contributed by atoms with van der Waals surface area (Å²) < 4.78 is 1.58. The maximum absolute atomic E-state index is 13.6. The van der Waals surface area contributed by atoms with Gasteiger partial charge in [0.05, 0.1) is 28.0 Å². The molecule has 0 unspecified atom stereocenters. The first-order chi connectivity index (χ1) is 18.4. The van der Waals surface area contributed by atoms with E-state index in [1.165, 1.54) is 11.8 Å². The first kappa shape index (κ1) is 25.2. The molecule has 1 heterocycles. The largest absolute Gasteiger partial charge is 0.325 e. The van der Waals surface area contributed by atoms with E-state index in [1.807, 2.05) is 50.2 Å². The molecule has 6 nitrogen and oxygen atoms in total. The van der Waals surface area contributed by atoms with Gasteiger partial charge in [-0.15, -0.1) is 0 Å². The second-order valence-electron chi connectivity index (χ2n) is 8.85. The molecule has 1 amide bonds. The van der Waals surface area contributed by atoms with E-state index in [4.69, 9.17) is 4.98 Å². The van der Waals surface area contributed by atoms with Crippen molar-refractivity contribution in [3.63, 3.8) is 0 Å². The first-order valence-corrected chi connectivity index (χ1v) is 13.1. The van der Waals surface area contributed by atoms with Crippen LogP contribution in [0.15, 0.2) is 107 Å². The Balaban J connectivity index is 1.45. The molecule has 0 saturated carbocycles. The van der Waals surface area contributed by atoms with Crippen molar-refractivity contribution in [3.8, 4) is 5.69 Å². The summed E-state index contributed by atoms with van der Waals surface area (Å²) >= 11 is 1.18. The SMILES string of the molecule is Cc1cccc(-n2c(SCC(=O)Nc3ccccc3C(=O)c3ccccc3)nc3ccccc3c2=O)c1C. The molecule has 188 valence electrons. The number of anilines is 1. The maximum Gasteiger partial charge on any atom is 0.266 e. The standard InChI is InChI=1S/C31H25N3O3S/c1-20-11-10-18-27(21(20)2)34-30(37)24-15-7-9-17-26(24)33-31(34)38-19-28(35)32-25-16-8-6-14-23(25)29(36)22-12-4-3-5-13-22/h3-18H,19H2,1-2H3,(H,32,35). The van der Waals surface area contributed by atoms with Crippen molar-refractivity contribution in [2.24, 2.45) is 0 Å². The Morgan fingerprint density at radius 3 is 2.37 bits per heavy atom. The Kier molecular flexibility index (Phi) is 7.20. The predicted molar refractivity (Wildman–Crippen MR) is 152 cm³/mol. The predicted octanol–water partition coefficient (Wildman–Crippen LogP) is 5.96. The number of nitrogens with one attached hydrogen (secondary N) is 1. The van der Waals surface area contributed by atoms with Crippen molar-refractivity contribution in [1.29, 1.82) is 0 Å². The molecule has 4 aromatic carbocycles. The second kappa shape index (κ2) is 10.9. The van der Waals surface area contributed by atoms with Crippen LogP contribution in [-0.2, 0) is 4.79 Å². The minimum Gasteiger partial charge on any atom is -0.325 e. The highest BCUT2D eigenvalue weighted by Crippen LogP contribution is 2.25. The van der Waals surface area contributed by atoms with Gasteiger partial charge in [0.2, 0.25) is 5.91 Å². The number of para-hydroxylation sites is 2. The van der Waals surface area contributed by atoms with Gasteiger partial charge in [0, 0.05) is 11.1 Å². The monoisotopic (exact) mass is 519 g/mol. The molecule has 0 aliphatic heterocycles. The summed E-state index contributed by atoms with van der Waals surface area (Å²) in [7, 11) is 0. The molecule has 5 rings (SSSR count). The number of carbonyl (C=O) groups excluding carboxylic acids is 2. The lowest BCUT2D eigenvalue weighted by molar-refractivity contribution is -0.113. The highest BCUT2D eigenvalue weighted by atomic mass is 32.2. The number of aromatic nitrogens is 2. The van der Waals surface area contributed by atoms with E-state index in [2.05, 4.69) is 5.32 Å². The van der Waals surface area contributed by atoms with Crippen molar-refractivity contribution in [2.75, 3.05) is 11.1 Å². The van der Waals surface area contributed by atoms with Gasteiger partial charge in [-0.25, -0.2) is 4.98 Å². The van der Waals surface area contributed by atoms with Crippen LogP contribution in [0.4, 0.5) is 5.69 Å². The third-order valence-corrected chi connectivity index (χ3v) is 7.31. The van der Waals surface area contributed by atoms with Crippen molar-refractivity contribution in [1.82, 2.24) is 9.55 Å². The zero-order chi connectivity index (χ0) is 26.6. The van der Waals surface area contributed by atoms with Crippen molar-refractivity contribution in [3.05, 3.63) is 130 Å². The number of carbonyl (C=O) groups is 2. The summed E-state index contributed by atoms with van der Waals surface area (Å²) in [6.45, 7) is 3.96. The van der Waals surface area contributed by atoms with Gasteiger partial charge >= 0.3 is 0 Å². The highest BCUT2D eigenvalue weighted by molar-refractivity contribution is 7.99. The van der Waals surface area contributed by atoms with Gasteiger partial charge in [-0.2, -0.15) is 0 Å². The molecular weight excluding hydrogens is 494 g/mol. The summed E-state index contributed by atoms with van der Waals surface area (Å²) in [5.41, 5.74) is 4.52. The number of hydrogen-bond acceptors (Lipinski definition) is 5. The van der Waals surface area contributed by atoms with E-state index >= 15 is 0 Å². The number of fused-ring (bicyclic) bond motifs is 1. The van der Waals surface area contributed by atoms with Crippen LogP contribution < -0.4 is 10.9 Å². The zero-order valence-corrected chi connectivity index (χ0v) is 21.8. The number of hydrogen-bond donors (Lipinski definition) is 1. The third-order valence-electron chi connectivity index (χ3n) is 6.38. The first-order valence-electron chi connectivity index (χ1n) is 12.1. The van der Waals surface area contributed by atoms with Gasteiger partial charge in [-0.1, -0.05) is 78.5 Å². The molecule has 0 atom stereocenters. The van der Waals surface area contributed by atoms with E-state index < -0.39 is 0 Å². The summed E-state index contributed by atoms with van der Waals surface area (Å²) in [5, 5.41) is 3.80. The molecule has 1 aromatic heterocycles. The van der Waals surface area contributed by atoms with E-state index in [1.54, 1.807) is 65.2 Å². The molecule has 0 bridgehead atoms. The minimum absolute atomic E-state index is 0.00348. The Morgan fingerprint density at radius 1 is 0.842 bits per heavy atom. The van der Waals surface area contributed by atoms with E-state index in [9.17, 15) is 14.4 Å². The quantitative estimate of drug-likeness (QED) is 0.163. The average Bonchev–Trinajstić information content (AvgIpc) is 2.94. The van der Waals surface area contributed by atoms with Gasteiger partial charge in [0.25, 0.3) is 5.56 Å². The third kappa shape index (κ3) is 5.01. The molecule has 7 heteroatoms. The lowest BCUT2D eigenvalue weighted by Crippen LogP contribution is -2.24. The van der Waals surface area contributed by atoms with Crippen LogP contribution in [-0.4, -0.2) is 27.0 Å². The van der Waals surface area contributed by atoms with E-state index in [0.717, 1.165) is 16.8 Å². The number of nitrogens with zero attached hydrogens (tertiary/aromatic N) is 2. The van der Waals surface area contributed by atoms with E-state index in [0.29, 0.717) is 32.9 Å². The molecule has 0 spiro atoms. The molecule has 0 radical (unpaired) electrons. The average molecular weight is 520 g/mol. The zero-order valence-electron chi connectivity index (χ0n) is 21.0. The molecular formula is C31H25N3O3S. The Hall–Kier alpha value is -4.49. The fourth-order valence-corrected chi connectivity index (χ4v) is 5.06. The van der Waals surface area contributed by atoms with Crippen LogP contribution in [0.1, 0.15) is 27.0 Å². The number of amides is 1. The maximum atomic E-state index is 13.6. The summed E-state index contributed by atoms with van der Waals surface area (Å²) in [4.78, 5) is 44.4. The van der Waals surface area contributed by atoms with Crippen LogP contribution in [0.2, 0.25) is 0 Å². The number of thioether (sulfide) groups is 1. The van der Waals surface area contributed by atoms with Gasteiger partial charge in [-0.05, 0) is 55.3 Å². The minimum atomic E-state index is -0.307. The molecule has 1 N–H and O–H groups in total. The Morgan fingerprint density at radius 2 is 1.55 bits per heavy atom. The van der Waals surface area contributed by atoms with Crippen molar-refractivity contribution < 1.29 is 9.59 Å². The van der Waals surface area contributed by atoms with Crippen LogP contribution in [0.3, 0.4) is 0 Å². The fourth-order valence-electron chi connectivity index (χ4n) is 4.25. The number of rotatable bonds is 7.